The van der Waals surface area contributed by atoms with Crippen LogP contribution in [0.5, 0.6) is 0 Å². The number of phosphoric ester groups is 1. The fourth-order valence-electron chi connectivity index (χ4n) is 5.10. The van der Waals surface area contributed by atoms with Gasteiger partial charge in [-0.1, -0.05) is 137 Å². The van der Waals surface area contributed by atoms with Gasteiger partial charge < -0.3 is 20.1 Å². The van der Waals surface area contributed by atoms with Gasteiger partial charge >= 0.3 is 19.8 Å². The van der Waals surface area contributed by atoms with E-state index in [2.05, 4.69) is 98.9 Å². The van der Waals surface area contributed by atoms with Crippen molar-refractivity contribution in [3.63, 3.8) is 0 Å². The van der Waals surface area contributed by atoms with Gasteiger partial charge in [0.15, 0.2) is 6.10 Å². The summed E-state index contributed by atoms with van der Waals surface area (Å²) in [6.07, 6.45) is 50.3. The van der Waals surface area contributed by atoms with Gasteiger partial charge in [0.05, 0.1) is 13.2 Å². The van der Waals surface area contributed by atoms with Gasteiger partial charge in [0.1, 0.15) is 6.61 Å². The van der Waals surface area contributed by atoms with E-state index in [9.17, 15) is 19.0 Å². The maximum atomic E-state index is 12.6. The third kappa shape index (κ3) is 40.7. The number of rotatable bonds is 38. The smallest absolute Gasteiger partial charge is 0.462 e. The first-order valence-electron chi connectivity index (χ1n) is 21.1. The fourth-order valence-corrected chi connectivity index (χ4v) is 5.87. The zero-order chi connectivity index (χ0) is 40.3. The quantitative estimate of drug-likeness (QED) is 0.0271. The molecule has 55 heavy (non-hydrogen) atoms. The largest absolute Gasteiger partial charge is 0.472 e. The van der Waals surface area contributed by atoms with Crippen molar-refractivity contribution in [1.29, 1.82) is 0 Å². The summed E-state index contributed by atoms with van der Waals surface area (Å²) in [6.45, 7) is 3.55. The van der Waals surface area contributed by atoms with Crippen LogP contribution in [-0.2, 0) is 32.7 Å². The Morgan fingerprint density at radius 3 is 1.47 bits per heavy atom. The summed E-state index contributed by atoms with van der Waals surface area (Å²) in [5.74, 6) is -0.899. The summed E-state index contributed by atoms with van der Waals surface area (Å²) < 4.78 is 32.7. The van der Waals surface area contributed by atoms with Crippen LogP contribution in [0, 0.1) is 0 Å². The summed E-state index contributed by atoms with van der Waals surface area (Å²) in [7, 11) is -4.40. The fraction of sp³-hybridized carbons (Fsp3) is 0.644. The molecule has 0 aliphatic heterocycles. The molecule has 10 heteroatoms. The highest BCUT2D eigenvalue weighted by Crippen LogP contribution is 2.43. The highest BCUT2D eigenvalue weighted by atomic mass is 31.2. The average Bonchev–Trinajstić information content (AvgIpc) is 3.17. The van der Waals surface area contributed by atoms with Gasteiger partial charge in [-0.2, -0.15) is 0 Å². The molecular weight excluding hydrogens is 713 g/mol. The Hall–Kier alpha value is -2.81. The molecule has 0 aromatic heterocycles. The van der Waals surface area contributed by atoms with Crippen molar-refractivity contribution < 1.29 is 37.6 Å². The van der Waals surface area contributed by atoms with E-state index in [-0.39, 0.29) is 32.6 Å². The van der Waals surface area contributed by atoms with Crippen molar-refractivity contribution in [2.45, 2.75) is 161 Å². The summed E-state index contributed by atoms with van der Waals surface area (Å²) in [5.41, 5.74) is 5.34. The zero-order valence-electron chi connectivity index (χ0n) is 34.4. The number of esters is 2. The Morgan fingerprint density at radius 1 is 0.545 bits per heavy atom. The summed E-state index contributed by atoms with van der Waals surface area (Å²) in [5, 5.41) is 0. The van der Waals surface area contributed by atoms with Gasteiger partial charge in [0.2, 0.25) is 0 Å². The maximum Gasteiger partial charge on any atom is 0.472 e. The second-order valence-corrected chi connectivity index (χ2v) is 14.9. The molecule has 0 bridgehead atoms. The van der Waals surface area contributed by atoms with Crippen LogP contribution >= 0.6 is 7.82 Å². The van der Waals surface area contributed by atoms with Crippen molar-refractivity contribution in [3.05, 3.63) is 85.1 Å². The minimum Gasteiger partial charge on any atom is -0.462 e. The molecule has 0 radical (unpaired) electrons. The third-order valence-electron chi connectivity index (χ3n) is 8.23. The Labute approximate surface area is 334 Å². The van der Waals surface area contributed by atoms with E-state index in [4.69, 9.17) is 24.3 Å². The van der Waals surface area contributed by atoms with E-state index in [1.165, 1.54) is 32.1 Å². The molecule has 0 saturated heterocycles. The number of hydrogen-bond donors (Lipinski definition) is 2. The molecule has 0 heterocycles. The lowest BCUT2D eigenvalue weighted by atomic mass is 10.1. The van der Waals surface area contributed by atoms with Crippen LogP contribution in [0.1, 0.15) is 155 Å². The first-order chi connectivity index (χ1) is 26.8. The van der Waals surface area contributed by atoms with Crippen LogP contribution < -0.4 is 5.73 Å². The predicted molar refractivity (Wildman–Crippen MR) is 229 cm³/mol. The van der Waals surface area contributed by atoms with Crippen LogP contribution in [0.3, 0.4) is 0 Å². The predicted octanol–water partition coefficient (Wildman–Crippen LogP) is 12.0. The normalized spacial score (nSPS) is 14.2. The minimum atomic E-state index is -4.40. The first-order valence-corrected chi connectivity index (χ1v) is 22.6. The lowest BCUT2D eigenvalue weighted by molar-refractivity contribution is -0.161. The number of carbonyl (C=O) groups is 2. The molecule has 0 fully saturated rings. The molecule has 9 nitrogen and oxygen atoms in total. The Kier molecular flexibility index (Phi) is 38.8. The van der Waals surface area contributed by atoms with Crippen LogP contribution in [0.4, 0.5) is 0 Å². The number of nitrogens with two attached hydrogens (primary N) is 1. The Bertz CT molecular complexity index is 1170. The number of unbranched alkanes of at least 4 members (excludes halogenated alkanes) is 11. The summed E-state index contributed by atoms with van der Waals surface area (Å²) in [6, 6.07) is 0. The van der Waals surface area contributed by atoms with Crippen LogP contribution in [0.25, 0.3) is 0 Å². The Balaban J connectivity index is 4.30. The molecule has 0 aromatic rings. The standard InChI is InChI=1S/C45H76NO8P/c1-3-5-7-9-11-13-15-17-19-21-23-25-27-29-31-33-35-37-44(47)51-41-43(42-53-55(49,50)52-40-39-46)54-45(48)38-36-34-32-30-28-26-24-22-20-18-16-14-12-10-8-6-4-2/h7,9,12-15,18-21,24-27,43H,3-6,8,10-11,16-17,22-23,28-42,46H2,1-2H3,(H,49,50)/b9-7+,14-12+,15-13+,20-18+,21-19+,26-24+,27-25+/t43-/m1/s1. The van der Waals surface area contributed by atoms with Crippen molar-refractivity contribution in [3.8, 4) is 0 Å². The van der Waals surface area contributed by atoms with Gasteiger partial charge in [-0.15, -0.1) is 0 Å². The van der Waals surface area contributed by atoms with E-state index in [1.807, 2.05) is 0 Å². The third-order valence-corrected chi connectivity index (χ3v) is 9.22. The minimum absolute atomic E-state index is 0.0401. The van der Waals surface area contributed by atoms with Gasteiger partial charge in [0, 0.05) is 19.4 Å². The number of allylic oxidation sites excluding steroid dienone is 14. The number of carbonyl (C=O) groups excluding carboxylic acids is 2. The molecule has 0 aliphatic carbocycles. The summed E-state index contributed by atoms with van der Waals surface area (Å²) in [4.78, 5) is 34.8. The Morgan fingerprint density at radius 2 is 0.982 bits per heavy atom. The lowest BCUT2D eigenvalue weighted by Gasteiger charge is -2.19. The highest BCUT2D eigenvalue weighted by molar-refractivity contribution is 7.47. The van der Waals surface area contributed by atoms with E-state index in [0.29, 0.717) is 12.8 Å². The van der Waals surface area contributed by atoms with E-state index < -0.39 is 32.5 Å². The van der Waals surface area contributed by atoms with Crippen molar-refractivity contribution >= 4 is 19.8 Å². The van der Waals surface area contributed by atoms with Crippen LogP contribution in [-0.4, -0.2) is 49.3 Å². The van der Waals surface area contributed by atoms with E-state index >= 15 is 0 Å². The van der Waals surface area contributed by atoms with Gasteiger partial charge in [-0.05, 0) is 89.9 Å². The molecule has 0 aliphatic rings. The number of hydrogen-bond acceptors (Lipinski definition) is 8. The SMILES string of the molecule is CCC/C=C/C/C=C/C/C=C/C/C=C/CCCCCC(=O)OC[C@H](COP(=O)(O)OCCN)OC(=O)CCCCCC/C=C/C/C=C/C/C=C/CCCCC. The molecule has 3 N–H and O–H groups in total. The van der Waals surface area contributed by atoms with E-state index in [0.717, 1.165) is 83.5 Å². The molecule has 0 aromatic carbocycles. The molecule has 0 amide bonds. The second-order valence-electron chi connectivity index (χ2n) is 13.5. The first kappa shape index (κ1) is 52.2. The molecule has 314 valence electrons. The zero-order valence-corrected chi connectivity index (χ0v) is 35.3. The lowest BCUT2D eigenvalue weighted by Crippen LogP contribution is -2.29. The van der Waals surface area contributed by atoms with Gasteiger partial charge in [0.25, 0.3) is 0 Å². The number of phosphoric acid groups is 1. The molecule has 0 rings (SSSR count). The average molecular weight is 790 g/mol. The van der Waals surface area contributed by atoms with Crippen molar-refractivity contribution in [2.75, 3.05) is 26.4 Å². The van der Waals surface area contributed by atoms with E-state index in [1.54, 1.807) is 0 Å². The van der Waals surface area contributed by atoms with Gasteiger partial charge in [-0.25, -0.2) is 4.57 Å². The molecule has 0 saturated carbocycles. The van der Waals surface area contributed by atoms with Crippen molar-refractivity contribution in [1.82, 2.24) is 0 Å². The second kappa shape index (κ2) is 40.8. The number of ether oxygens (including phenoxy) is 2. The molecular formula is C45H76NO8P. The topological polar surface area (TPSA) is 134 Å². The highest BCUT2D eigenvalue weighted by Gasteiger charge is 2.25. The monoisotopic (exact) mass is 790 g/mol. The van der Waals surface area contributed by atoms with Crippen LogP contribution in [0.2, 0.25) is 0 Å². The molecule has 0 spiro atoms. The summed E-state index contributed by atoms with van der Waals surface area (Å²) >= 11 is 0. The molecule has 1 unspecified atom stereocenters. The maximum absolute atomic E-state index is 12.6. The van der Waals surface area contributed by atoms with Crippen LogP contribution in [0.15, 0.2) is 85.1 Å². The molecule has 2 atom stereocenters. The van der Waals surface area contributed by atoms with Gasteiger partial charge in [-0.3, -0.25) is 18.6 Å². The van der Waals surface area contributed by atoms with Crippen molar-refractivity contribution in [2.24, 2.45) is 5.73 Å².